The molecule has 0 saturated heterocycles. The highest BCUT2D eigenvalue weighted by molar-refractivity contribution is 7.99. The molecule has 1 aliphatic carbocycles. The van der Waals surface area contributed by atoms with Gasteiger partial charge in [-0.05, 0) is 113 Å². The average Bonchev–Trinajstić information content (AvgIpc) is 4.17. The third-order valence-corrected chi connectivity index (χ3v) is 15.1. The zero-order valence-electron chi connectivity index (χ0n) is 42.0. The molecule has 11 aromatic rings. The molecule has 74 heavy (non-hydrogen) atoms. The number of ether oxygens (including phenoxy) is 1. The lowest BCUT2D eigenvalue weighted by atomic mass is 9.96. The van der Waals surface area contributed by atoms with E-state index in [0.29, 0.717) is 57.2 Å². The molecule has 1 fully saturated rings. The minimum Gasteiger partial charge on any atom is -0.437 e. The molecule has 20 heteroatoms. The van der Waals surface area contributed by atoms with E-state index in [2.05, 4.69) is 131 Å². The fourth-order valence-electron chi connectivity index (χ4n) is 9.28. The number of rotatable bonds is 10. The van der Waals surface area contributed by atoms with E-state index < -0.39 is 0 Å². The molecule has 0 aliphatic heterocycles. The molecule has 1 aliphatic rings. The second kappa shape index (κ2) is 21.5. The van der Waals surface area contributed by atoms with E-state index in [-0.39, 0.29) is 12.1 Å². The summed E-state index contributed by atoms with van der Waals surface area (Å²) in [5.74, 6) is 2.30. The lowest BCUT2D eigenvalue weighted by Gasteiger charge is -2.22. The number of para-hydroxylation sites is 2. The Hall–Kier alpha value is -7.48. The van der Waals surface area contributed by atoms with Gasteiger partial charge in [0.15, 0.2) is 16.5 Å². The van der Waals surface area contributed by atoms with Crippen LogP contribution in [0.15, 0.2) is 136 Å². The standard InChI is InChI=1S/C21H21N5S.C19H22N6S.C14H14ClN5O/c22-19-18-20(24-13-23-19)26(15-9-2-1-3-10-15)25-21(18)27-17-12-6-8-14-7-4-5-11-16(14)17;1-11(2)24-9-15(16-17(20)21-10-22-18(16)24)26-19-23-13-7-5-6-8-14(13)25(19)12(3)4;1-8(2)20-13-11(12(16)17-7-18-13)14(19-20)21-10-5-3-4-9(15)6-10/h4-8,11-13,15H,1-3,9-10H2,(H2,22,23,24);5-12H,1-4H3,(H2,20,21,22);3-8H,1-2H3,(H2,16,17,18). The van der Waals surface area contributed by atoms with Crippen LogP contribution in [-0.2, 0) is 0 Å². The summed E-state index contributed by atoms with van der Waals surface area (Å²) in [5.41, 5.74) is 22.9. The first-order chi connectivity index (χ1) is 35.8. The number of nitrogens with zero attached hydrogens (tertiary/aromatic N) is 13. The van der Waals surface area contributed by atoms with Crippen LogP contribution in [-0.4, -0.2) is 63.6 Å². The summed E-state index contributed by atoms with van der Waals surface area (Å²) in [6.07, 6.45) is 12.7. The Morgan fingerprint density at radius 2 is 1.28 bits per heavy atom. The summed E-state index contributed by atoms with van der Waals surface area (Å²) in [6.45, 7) is 12.6. The first-order valence-electron chi connectivity index (χ1n) is 24.7. The summed E-state index contributed by atoms with van der Waals surface area (Å²) in [4.78, 5) is 32.7. The van der Waals surface area contributed by atoms with Crippen LogP contribution < -0.4 is 21.9 Å². The van der Waals surface area contributed by atoms with Gasteiger partial charge in [0, 0.05) is 39.1 Å². The van der Waals surface area contributed by atoms with Crippen LogP contribution in [0.2, 0.25) is 5.02 Å². The van der Waals surface area contributed by atoms with Crippen molar-refractivity contribution in [1.82, 2.24) is 63.6 Å². The van der Waals surface area contributed by atoms with Gasteiger partial charge >= 0.3 is 0 Å². The van der Waals surface area contributed by atoms with Crippen molar-refractivity contribution in [3.05, 3.63) is 121 Å². The minimum absolute atomic E-state index is 0.124. The van der Waals surface area contributed by atoms with Crippen LogP contribution in [0.1, 0.15) is 97.8 Å². The van der Waals surface area contributed by atoms with Crippen molar-refractivity contribution in [2.24, 2.45) is 0 Å². The number of hydrogen-bond donors (Lipinski definition) is 3. The predicted octanol–water partition coefficient (Wildman–Crippen LogP) is 13.3. The highest BCUT2D eigenvalue weighted by Crippen LogP contribution is 2.42. The number of nitrogen functional groups attached to an aromatic ring is 3. The van der Waals surface area contributed by atoms with Crippen LogP contribution in [0.25, 0.3) is 54.9 Å². The third kappa shape index (κ3) is 10.1. The Morgan fingerprint density at radius 3 is 2.01 bits per heavy atom. The van der Waals surface area contributed by atoms with Gasteiger partial charge in [0.25, 0.3) is 5.88 Å². The average molecular weight is 1050 g/mol. The Bertz CT molecular complexity index is 3780. The maximum atomic E-state index is 6.25. The van der Waals surface area contributed by atoms with E-state index in [0.717, 1.165) is 61.0 Å². The Kier molecular flexibility index (Phi) is 14.6. The maximum Gasteiger partial charge on any atom is 0.251 e. The molecular weight excluding hydrogens is 988 g/mol. The molecule has 0 radical (unpaired) electrons. The minimum atomic E-state index is 0.124. The number of halogens is 1. The number of imidazole rings is 1. The van der Waals surface area contributed by atoms with Crippen molar-refractivity contribution in [2.45, 2.75) is 118 Å². The van der Waals surface area contributed by atoms with Gasteiger partial charge in [0.2, 0.25) is 0 Å². The molecule has 0 bridgehead atoms. The SMILES string of the molecule is CC(C)n1cc(Sc2nc3ccccc3n2C(C)C)c2c(N)ncnc21.CC(C)n1nc(Oc2cccc(Cl)c2)c2c(N)ncnc21.Nc1ncnc2c1c(Sc1cccc3ccccc13)nn2C1CCCCC1. The molecule has 0 unspecified atom stereocenters. The smallest absolute Gasteiger partial charge is 0.251 e. The van der Waals surface area contributed by atoms with E-state index in [4.69, 9.17) is 43.6 Å². The zero-order valence-corrected chi connectivity index (χ0v) is 44.4. The topological polar surface area (TPSA) is 223 Å². The van der Waals surface area contributed by atoms with Gasteiger partial charge in [-0.25, -0.2) is 44.3 Å². The lowest BCUT2D eigenvalue weighted by Crippen LogP contribution is -2.14. The third-order valence-electron chi connectivity index (χ3n) is 12.8. The van der Waals surface area contributed by atoms with Crippen LogP contribution in [0, 0.1) is 0 Å². The molecular formula is C54H57ClN16OS2. The molecule has 0 amide bonds. The van der Waals surface area contributed by atoms with E-state index >= 15 is 0 Å². The number of aromatic nitrogens is 13. The number of nitrogens with two attached hydrogens (primary N) is 3. The molecule has 0 atom stereocenters. The maximum absolute atomic E-state index is 6.25. The van der Waals surface area contributed by atoms with Gasteiger partial charge in [0.1, 0.15) is 58.2 Å². The van der Waals surface area contributed by atoms with Crippen LogP contribution in [0.3, 0.4) is 0 Å². The molecule has 6 N–H and O–H groups in total. The number of benzene rings is 4. The van der Waals surface area contributed by atoms with Gasteiger partial charge in [0.05, 0.1) is 27.8 Å². The molecule has 0 spiro atoms. The second-order valence-electron chi connectivity index (χ2n) is 18.8. The summed E-state index contributed by atoms with van der Waals surface area (Å²) in [7, 11) is 0. The van der Waals surface area contributed by atoms with Gasteiger partial charge in [-0.15, -0.1) is 5.10 Å². The van der Waals surface area contributed by atoms with Crippen molar-refractivity contribution >= 4 is 107 Å². The Labute approximate surface area is 441 Å². The van der Waals surface area contributed by atoms with Crippen LogP contribution >= 0.6 is 35.1 Å². The monoisotopic (exact) mass is 1040 g/mol. The Morgan fingerprint density at radius 1 is 0.622 bits per heavy atom. The van der Waals surface area contributed by atoms with Crippen molar-refractivity contribution in [3.63, 3.8) is 0 Å². The van der Waals surface area contributed by atoms with Gasteiger partial charge in [-0.2, -0.15) is 5.10 Å². The summed E-state index contributed by atoms with van der Waals surface area (Å²) in [6, 6.07) is 31.2. The highest BCUT2D eigenvalue weighted by Gasteiger charge is 2.25. The molecule has 17 nitrogen and oxygen atoms in total. The van der Waals surface area contributed by atoms with Crippen LogP contribution in [0.4, 0.5) is 17.5 Å². The molecule has 4 aromatic carbocycles. The Balaban J connectivity index is 0.000000128. The van der Waals surface area contributed by atoms with Gasteiger partial charge in [-0.1, -0.05) is 97.2 Å². The van der Waals surface area contributed by atoms with Gasteiger partial charge in [-0.3, -0.25) is 0 Å². The highest BCUT2D eigenvalue weighted by atomic mass is 35.5. The molecule has 7 heterocycles. The number of hydrogen-bond acceptors (Lipinski definition) is 15. The molecule has 378 valence electrons. The summed E-state index contributed by atoms with van der Waals surface area (Å²) in [5, 5.41) is 16.7. The zero-order chi connectivity index (χ0) is 51.6. The second-order valence-corrected chi connectivity index (χ2v) is 21.3. The molecule has 7 aromatic heterocycles. The van der Waals surface area contributed by atoms with Crippen molar-refractivity contribution in [1.29, 1.82) is 0 Å². The summed E-state index contributed by atoms with van der Waals surface area (Å²) >= 11 is 9.24. The van der Waals surface area contributed by atoms with Crippen molar-refractivity contribution < 1.29 is 4.74 Å². The first kappa shape index (κ1) is 50.1. The molecule has 1 saturated carbocycles. The summed E-state index contributed by atoms with van der Waals surface area (Å²) < 4.78 is 14.1. The van der Waals surface area contributed by atoms with E-state index in [1.54, 1.807) is 58.8 Å². The number of fused-ring (bicyclic) bond motifs is 5. The van der Waals surface area contributed by atoms with Crippen molar-refractivity contribution in [3.8, 4) is 11.6 Å². The fraction of sp³-hybridized carbons (Fsp3) is 0.278. The predicted molar refractivity (Wildman–Crippen MR) is 298 cm³/mol. The van der Waals surface area contributed by atoms with E-state index in [1.807, 2.05) is 32.0 Å². The quantitative estimate of drug-likeness (QED) is 0.116. The fourth-order valence-corrected chi connectivity index (χ4v) is 11.7. The normalized spacial score (nSPS) is 13.1. The number of anilines is 3. The first-order valence-corrected chi connectivity index (χ1v) is 26.7. The largest absolute Gasteiger partial charge is 0.437 e. The lowest BCUT2D eigenvalue weighted by molar-refractivity contribution is 0.332. The van der Waals surface area contributed by atoms with Crippen molar-refractivity contribution in [2.75, 3.05) is 17.2 Å². The van der Waals surface area contributed by atoms with E-state index in [1.165, 1.54) is 47.6 Å². The van der Waals surface area contributed by atoms with Gasteiger partial charge < -0.3 is 31.1 Å². The molecule has 12 rings (SSSR count). The van der Waals surface area contributed by atoms with E-state index in [9.17, 15) is 0 Å². The van der Waals surface area contributed by atoms with Crippen LogP contribution in [0.5, 0.6) is 11.6 Å².